The van der Waals surface area contributed by atoms with Crippen molar-refractivity contribution in [2.45, 2.75) is 12.2 Å². The van der Waals surface area contributed by atoms with Crippen LogP contribution in [0.15, 0.2) is 0 Å². The van der Waals surface area contributed by atoms with Gasteiger partial charge in [-0.2, -0.15) is 0 Å². The van der Waals surface area contributed by atoms with Crippen molar-refractivity contribution in [3.05, 3.63) is 0 Å². The monoisotopic (exact) mass is 164 g/mol. The van der Waals surface area contributed by atoms with Crippen molar-refractivity contribution in [1.82, 2.24) is 0 Å². The predicted molar refractivity (Wildman–Crippen MR) is 39.9 cm³/mol. The molecule has 64 valence electrons. The standard InChI is InChI=1S/C10H12O2/c11-9-5-1-2-4(5)8-7(9)3(1)6(2)10(8)12/h1-12H/t1-,2+,3-,4-,5+,6-,7-,8+,9+,10-/m0/s1. The summed E-state index contributed by atoms with van der Waals surface area (Å²) in [5.41, 5.74) is 0. The van der Waals surface area contributed by atoms with Crippen molar-refractivity contribution in [2.24, 2.45) is 47.3 Å². The van der Waals surface area contributed by atoms with Gasteiger partial charge < -0.3 is 10.2 Å². The van der Waals surface area contributed by atoms with E-state index >= 15 is 0 Å². The van der Waals surface area contributed by atoms with Crippen LogP contribution >= 0.6 is 0 Å². The van der Waals surface area contributed by atoms with Gasteiger partial charge in [0.25, 0.3) is 0 Å². The fourth-order valence-corrected chi connectivity index (χ4v) is 6.15. The second-order valence-electron chi connectivity index (χ2n) is 5.60. The first-order valence-electron chi connectivity index (χ1n) is 5.18. The molecule has 12 heavy (non-hydrogen) atoms. The van der Waals surface area contributed by atoms with Gasteiger partial charge >= 0.3 is 0 Å². The Balaban J connectivity index is 1.83. The van der Waals surface area contributed by atoms with Gasteiger partial charge in [-0.05, 0) is 47.3 Å². The SMILES string of the molecule is O[C@H]1[C@@H]2[C@H]3[C@@H]4[C@H](O)[C@H]5[C@@H]([C@@H]14)[C@H]2[C@H]53. The van der Waals surface area contributed by atoms with Crippen LogP contribution < -0.4 is 0 Å². The van der Waals surface area contributed by atoms with Crippen LogP contribution in [0.25, 0.3) is 0 Å². The van der Waals surface area contributed by atoms with E-state index in [0.29, 0.717) is 23.7 Å². The first-order chi connectivity index (χ1) is 5.82. The summed E-state index contributed by atoms with van der Waals surface area (Å²) in [5, 5.41) is 19.9. The number of aliphatic hydroxyl groups excluding tert-OH is 2. The Morgan fingerprint density at radius 1 is 0.417 bits per heavy atom. The minimum atomic E-state index is -0.0200. The Kier molecular flexibility index (Phi) is 0.561. The van der Waals surface area contributed by atoms with Crippen molar-refractivity contribution < 1.29 is 10.2 Å². The molecular formula is C10H12O2. The van der Waals surface area contributed by atoms with Crippen molar-refractivity contribution in [3.8, 4) is 0 Å². The first kappa shape index (κ1) is 5.61. The van der Waals surface area contributed by atoms with E-state index in [0.717, 1.165) is 23.7 Å². The zero-order valence-corrected chi connectivity index (χ0v) is 6.67. The van der Waals surface area contributed by atoms with Gasteiger partial charge in [0.15, 0.2) is 0 Å². The molecule has 6 fully saturated rings. The summed E-state index contributed by atoms with van der Waals surface area (Å²) in [6, 6.07) is 0. The highest BCUT2D eigenvalue weighted by Gasteiger charge is 2.89. The quantitative estimate of drug-likeness (QED) is 0.516. The Morgan fingerprint density at radius 2 is 0.667 bits per heavy atom. The summed E-state index contributed by atoms with van der Waals surface area (Å²) in [6.45, 7) is 0. The molecule has 0 heterocycles. The normalized spacial score (nSPS) is 90.5. The third-order valence-electron chi connectivity index (χ3n) is 6.02. The number of rotatable bonds is 0. The molecule has 2 heteroatoms. The Labute approximate surface area is 70.6 Å². The van der Waals surface area contributed by atoms with Crippen LogP contribution in [-0.2, 0) is 0 Å². The minimum absolute atomic E-state index is 0.0200. The van der Waals surface area contributed by atoms with E-state index in [9.17, 15) is 10.2 Å². The highest BCUT2D eigenvalue weighted by molar-refractivity contribution is 5.36. The maximum Gasteiger partial charge on any atom is 0.0608 e. The molecule has 0 aromatic carbocycles. The minimum Gasteiger partial charge on any atom is -0.393 e. The van der Waals surface area contributed by atoms with Crippen LogP contribution in [0.3, 0.4) is 0 Å². The van der Waals surface area contributed by atoms with Crippen LogP contribution in [0.4, 0.5) is 0 Å². The molecule has 4 bridgehead atoms. The smallest absolute Gasteiger partial charge is 0.0608 e. The van der Waals surface area contributed by atoms with E-state index < -0.39 is 0 Å². The van der Waals surface area contributed by atoms with Crippen molar-refractivity contribution in [2.75, 3.05) is 0 Å². The fourth-order valence-electron chi connectivity index (χ4n) is 6.15. The lowest BCUT2D eigenvalue weighted by Gasteiger charge is -2.63. The molecule has 0 aromatic heterocycles. The van der Waals surface area contributed by atoms with Crippen LogP contribution in [0, 0.1) is 47.3 Å². The average Bonchev–Trinajstić information content (AvgIpc) is 2.45. The molecule has 6 aliphatic rings. The molecule has 6 rings (SSSR count). The molecular weight excluding hydrogens is 152 g/mol. The number of aliphatic hydroxyl groups is 2. The molecule has 6 aliphatic carbocycles. The topological polar surface area (TPSA) is 40.5 Å². The van der Waals surface area contributed by atoms with E-state index in [1.807, 2.05) is 0 Å². The van der Waals surface area contributed by atoms with Crippen LogP contribution in [0.5, 0.6) is 0 Å². The van der Waals surface area contributed by atoms with Gasteiger partial charge in [-0.25, -0.2) is 0 Å². The summed E-state index contributed by atoms with van der Waals surface area (Å²) >= 11 is 0. The molecule has 2 nitrogen and oxygen atoms in total. The fraction of sp³-hybridized carbons (Fsp3) is 1.00. The van der Waals surface area contributed by atoms with Gasteiger partial charge in [-0.15, -0.1) is 0 Å². The average molecular weight is 164 g/mol. The van der Waals surface area contributed by atoms with Crippen LogP contribution in [0.2, 0.25) is 0 Å². The molecule has 0 radical (unpaired) electrons. The number of hydrogen-bond donors (Lipinski definition) is 2. The van der Waals surface area contributed by atoms with E-state index in [1.165, 1.54) is 0 Å². The Bertz CT molecular complexity index is 268. The van der Waals surface area contributed by atoms with E-state index in [2.05, 4.69) is 0 Å². The molecule has 2 N–H and O–H groups in total. The molecule has 0 aliphatic heterocycles. The Hall–Kier alpha value is -0.0800. The second-order valence-corrected chi connectivity index (χ2v) is 5.60. The zero-order chi connectivity index (χ0) is 7.77. The van der Waals surface area contributed by atoms with E-state index in [4.69, 9.17) is 0 Å². The number of hydrogen-bond acceptors (Lipinski definition) is 2. The van der Waals surface area contributed by atoms with Gasteiger partial charge in [0.2, 0.25) is 0 Å². The third kappa shape index (κ3) is 0.252. The van der Waals surface area contributed by atoms with E-state index in [1.54, 1.807) is 0 Å². The van der Waals surface area contributed by atoms with Gasteiger partial charge in [-0.3, -0.25) is 0 Å². The largest absolute Gasteiger partial charge is 0.393 e. The molecule has 10 atom stereocenters. The molecule has 6 saturated carbocycles. The molecule has 0 saturated heterocycles. The highest BCUT2D eigenvalue weighted by atomic mass is 16.3. The Morgan fingerprint density at radius 3 is 1.00 bits per heavy atom. The maximum absolute atomic E-state index is 9.93. The summed E-state index contributed by atoms with van der Waals surface area (Å²) in [7, 11) is 0. The molecule has 0 aromatic rings. The van der Waals surface area contributed by atoms with E-state index in [-0.39, 0.29) is 12.2 Å². The predicted octanol–water partition coefficient (Wildman–Crippen LogP) is -0.294. The lowest BCUT2D eigenvalue weighted by atomic mass is 9.41. The zero-order valence-electron chi connectivity index (χ0n) is 6.67. The lowest BCUT2D eigenvalue weighted by molar-refractivity contribution is -0.176. The van der Waals surface area contributed by atoms with Crippen LogP contribution in [-0.4, -0.2) is 22.4 Å². The van der Waals surface area contributed by atoms with Crippen molar-refractivity contribution in [3.63, 3.8) is 0 Å². The maximum atomic E-state index is 9.93. The molecule has 0 amide bonds. The lowest BCUT2D eigenvalue weighted by Crippen LogP contribution is -2.61. The van der Waals surface area contributed by atoms with Crippen molar-refractivity contribution in [1.29, 1.82) is 0 Å². The van der Waals surface area contributed by atoms with Gasteiger partial charge in [0.05, 0.1) is 12.2 Å². The summed E-state index contributed by atoms with van der Waals surface area (Å²) in [6.07, 6.45) is -0.0400. The van der Waals surface area contributed by atoms with Gasteiger partial charge in [-0.1, -0.05) is 0 Å². The van der Waals surface area contributed by atoms with Crippen molar-refractivity contribution >= 4 is 0 Å². The highest BCUT2D eigenvalue weighted by Crippen LogP contribution is 2.88. The van der Waals surface area contributed by atoms with Crippen LogP contribution in [0.1, 0.15) is 0 Å². The summed E-state index contributed by atoms with van der Waals surface area (Å²) in [5.74, 6) is 5.51. The summed E-state index contributed by atoms with van der Waals surface area (Å²) < 4.78 is 0. The summed E-state index contributed by atoms with van der Waals surface area (Å²) in [4.78, 5) is 0. The van der Waals surface area contributed by atoms with Gasteiger partial charge in [0.1, 0.15) is 0 Å². The molecule has 0 spiro atoms. The van der Waals surface area contributed by atoms with Gasteiger partial charge in [0, 0.05) is 0 Å². The molecule has 0 unspecified atom stereocenters. The second kappa shape index (κ2) is 1.20. The first-order valence-corrected chi connectivity index (χ1v) is 5.18. The third-order valence-corrected chi connectivity index (χ3v) is 6.02.